The molecule has 25 heavy (non-hydrogen) atoms. The first-order chi connectivity index (χ1) is 11.4. The maximum Gasteiger partial charge on any atom is 0.385 e. The van der Waals surface area contributed by atoms with E-state index in [1.54, 1.807) is 22.7 Å². The van der Waals surface area contributed by atoms with E-state index in [4.69, 9.17) is 0 Å². The van der Waals surface area contributed by atoms with Gasteiger partial charge in [0, 0.05) is 15.3 Å². The van der Waals surface area contributed by atoms with Gasteiger partial charge in [0.25, 0.3) is 0 Å². The van der Waals surface area contributed by atoms with Crippen LogP contribution in [0.15, 0.2) is 53.3 Å². The van der Waals surface area contributed by atoms with Crippen LogP contribution in [0.4, 0.5) is 35.1 Å². The van der Waals surface area contributed by atoms with Crippen molar-refractivity contribution >= 4 is 28.2 Å². The summed E-state index contributed by atoms with van der Waals surface area (Å²) in [6.07, 6.45) is 0. The summed E-state index contributed by atoms with van der Waals surface area (Å²) in [5.74, 6) is -24.5. The highest BCUT2D eigenvalue weighted by molar-refractivity contribution is 7.13. The Morgan fingerprint density at radius 2 is 1.12 bits per heavy atom. The third kappa shape index (κ3) is 3.12. The van der Waals surface area contributed by atoms with Gasteiger partial charge in [-0.15, -0.1) is 22.7 Å². The molecule has 0 nitrogen and oxygen atoms in total. The molecule has 0 amide bonds. The zero-order valence-electron chi connectivity index (χ0n) is 12.0. The Morgan fingerprint density at radius 1 is 0.760 bits per heavy atom. The molecule has 1 aliphatic carbocycles. The van der Waals surface area contributed by atoms with E-state index >= 15 is 0 Å². The summed E-state index contributed by atoms with van der Waals surface area (Å²) in [4.78, 5) is 2.52. The molecule has 0 aliphatic heterocycles. The lowest BCUT2D eigenvalue weighted by Crippen LogP contribution is -2.48. The Kier molecular flexibility index (Phi) is 5.16. The van der Waals surface area contributed by atoms with Crippen LogP contribution in [0, 0.1) is 0 Å². The predicted octanol–water partition coefficient (Wildman–Crippen LogP) is 6.93. The molecular weight excluding hydrogens is 396 g/mol. The second kappa shape index (κ2) is 6.56. The molecule has 0 radical (unpaired) electrons. The van der Waals surface area contributed by atoms with E-state index in [-0.39, 0.29) is 0 Å². The molecule has 1 aliphatic rings. The van der Waals surface area contributed by atoms with E-state index in [1.807, 2.05) is 0 Å². The molecule has 0 bridgehead atoms. The summed E-state index contributed by atoms with van der Waals surface area (Å²) in [5, 5.41) is 4.16. The molecule has 0 saturated carbocycles. The van der Waals surface area contributed by atoms with Gasteiger partial charge in [0.15, 0.2) is 0 Å². The van der Waals surface area contributed by atoms with Gasteiger partial charge in [-0.3, -0.25) is 0 Å². The molecule has 2 aromatic heterocycles. The smallest absolute Gasteiger partial charge is 0.202 e. The van der Waals surface area contributed by atoms with Crippen LogP contribution < -0.4 is 0 Å². The highest BCUT2D eigenvalue weighted by Crippen LogP contribution is 2.59. The Labute approximate surface area is 144 Å². The summed E-state index contributed by atoms with van der Waals surface area (Å²) in [6, 6.07) is 8.32. The Morgan fingerprint density at radius 3 is 1.32 bits per heavy atom. The number of allylic oxidation sites excluding steroid dienone is 2. The number of thiophene rings is 2. The van der Waals surface area contributed by atoms with E-state index in [0.717, 1.165) is 5.57 Å². The lowest BCUT2D eigenvalue weighted by molar-refractivity contribution is -0.271. The van der Waals surface area contributed by atoms with Crippen molar-refractivity contribution in [3.05, 3.63) is 63.0 Å². The molecule has 2 aromatic rings. The highest BCUT2D eigenvalue weighted by Gasteiger charge is 2.82. The quantitative estimate of drug-likeness (QED) is 0.476. The largest absolute Gasteiger partial charge is 0.385 e. The number of halogens is 8. The van der Waals surface area contributed by atoms with Crippen LogP contribution in [0.3, 0.4) is 0 Å². The average molecular weight is 404 g/mol. The first kappa shape index (κ1) is 19.6. The van der Waals surface area contributed by atoms with Crippen molar-refractivity contribution in [2.24, 2.45) is 0 Å². The van der Waals surface area contributed by atoms with Gasteiger partial charge >= 0.3 is 17.8 Å². The molecule has 0 saturated heterocycles. The number of hydrogen-bond acceptors (Lipinski definition) is 2. The van der Waals surface area contributed by atoms with E-state index in [9.17, 15) is 35.1 Å². The summed E-state index contributed by atoms with van der Waals surface area (Å²) in [7, 11) is 0. The van der Waals surface area contributed by atoms with Crippen molar-refractivity contribution in [2.45, 2.75) is 17.8 Å². The molecular formula is C15H8F8S2. The van der Waals surface area contributed by atoms with Gasteiger partial charge in [0.2, 0.25) is 11.7 Å². The maximum atomic E-state index is 12.0. The molecule has 2 heterocycles. The van der Waals surface area contributed by atoms with Crippen LogP contribution in [0.25, 0.3) is 5.57 Å². The summed E-state index contributed by atoms with van der Waals surface area (Å²) in [5.41, 5.74) is 1.14. The van der Waals surface area contributed by atoms with E-state index < -0.39 is 29.4 Å². The summed E-state index contributed by atoms with van der Waals surface area (Å²) in [6.45, 7) is 4.06. The van der Waals surface area contributed by atoms with Gasteiger partial charge in [-0.2, -0.15) is 26.3 Å². The third-order valence-corrected chi connectivity index (χ3v) is 5.03. The molecule has 10 heteroatoms. The number of hydrogen-bond donors (Lipinski definition) is 0. The fraction of sp³-hybridized carbons (Fsp3) is 0.200. The highest BCUT2D eigenvalue weighted by atomic mass is 32.1. The van der Waals surface area contributed by atoms with Crippen LogP contribution in [0.5, 0.6) is 0 Å². The van der Waals surface area contributed by atoms with Crippen LogP contribution in [0.1, 0.15) is 9.75 Å². The minimum absolute atomic E-state index is 1.14. The van der Waals surface area contributed by atoms with Crippen molar-refractivity contribution in [1.82, 2.24) is 0 Å². The van der Waals surface area contributed by atoms with Gasteiger partial charge in [-0.25, -0.2) is 8.78 Å². The van der Waals surface area contributed by atoms with E-state index in [0.29, 0.717) is 0 Å². The molecule has 136 valence electrons. The zero-order chi connectivity index (χ0) is 19.0. The molecule has 0 atom stereocenters. The van der Waals surface area contributed by atoms with Gasteiger partial charge in [0.05, 0.1) is 0 Å². The normalized spacial score (nSPS) is 20.2. The fourth-order valence-electron chi connectivity index (χ4n) is 1.77. The summed E-state index contributed by atoms with van der Waals surface area (Å²) >= 11 is 3.47. The molecule has 0 aromatic carbocycles. The second-order valence-corrected chi connectivity index (χ2v) is 6.68. The topological polar surface area (TPSA) is 0 Å². The first-order valence-electron chi connectivity index (χ1n) is 6.41. The van der Waals surface area contributed by atoms with Gasteiger partial charge in [-0.05, 0) is 22.9 Å². The van der Waals surface area contributed by atoms with E-state index in [2.05, 4.69) is 41.6 Å². The minimum Gasteiger partial charge on any atom is -0.202 e. The molecule has 0 fully saturated rings. The van der Waals surface area contributed by atoms with Gasteiger partial charge < -0.3 is 0 Å². The fourth-order valence-corrected chi connectivity index (χ4v) is 3.26. The van der Waals surface area contributed by atoms with Crippen molar-refractivity contribution in [1.29, 1.82) is 0 Å². The van der Waals surface area contributed by atoms with Crippen LogP contribution in [0.2, 0.25) is 0 Å². The monoisotopic (exact) mass is 404 g/mol. The third-order valence-electron chi connectivity index (χ3n) is 3.17. The maximum absolute atomic E-state index is 12.0. The SMILES string of the molecule is C=C(c1cccs1)c1cccs1.FC1=C(F)C(F)(F)C(F)(F)C1(F)F. The lowest BCUT2D eigenvalue weighted by atomic mass is 10.2. The average Bonchev–Trinajstić information content (AvgIpc) is 3.26. The molecule has 0 N–H and O–H groups in total. The second-order valence-electron chi connectivity index (χ2n) is 4.78. The van der Waals surface area contributed by atoms with Crippen molar-refractivity contribution < 1.29 is 35.1 Å². The van der Waals surface area contributed by atoms with Crippen molar-refractivity contribution in [3.8, 4) is 0 Å². The number of rotatable bonds is 2. The molecule has 3 rings (SSSR count). The Hall–Kier alpha value is -1.68. The summed E-state index contributed by atoms with van der Waals surface area (Å²) < 4.78 is 95.6. The van der Waals surface area contributed by atoms with Crippen molar-refractivity contribution in [3.63, 3.8) is 0 Å². The van der Waals surface area contributed by atoms with Gasteiger partial charge in [0.1, 0.15) is 0 Å². The minimum atomic E-state index is -6.06. The first-order valence-corrected chi connectivity index (χ1v) is 8.17. The molecule has 0 spiro atoms. The zero-order valence-corrected chi connectivity index (χ0v) is 13.6. The number of alkyl halides is 6. The Balaban J connectivity index is 0.000000181. The molecule has 0 unspecified atom stereocenters. The predicted molar refractivity (Wildman–Crippen MR) is 80.9 cm³/mol. The standard InChI is InChI=1S/C10H8S2.C5F8/c1-8(9-4-2-6-11-9)10-5-3-7-12-10;6-1-2(7)4(10,11)5(12,13)3(1,8)9/h2-7H,1H2;. The van der Waals surface area contributed by atoms with Crippen LogP contribution in [-0.4, -0.2) is 17.8 Å². The lowest BCUT2D eigenvalue weighted by Gasteiger charge is -2.22. The van der Waals surface area contributed by atoms with Gasteiger partial charge in [-0.1, -0.05) is 18.7 Å². The van der Waals surface area contributed by atoms with E-state index in [1.165, 1.54) is 9.75 Å². The van der Waals surface area contributed by atoms with Crippen LogP contribution >= 0.6 is 22.7 Å². The Bertz CT molecular complexity index is 710. The van der Waals surface area contributed by atoms with Crippen molar-refractivity contribution in [2.75, 3.05) is 0 Å². The van der Waals surface area contributed by atoms with Crippen LogP contribution in [-0.2, 0) is 0 Å².